The Morgan fingerprint density at radius 3 is 2.95 bits per heavy atom. The van der Waals surface area contributed by atoms with Gasteiger partial charge in [-0.3, -0.25) is 4.79 Å². The van der Waals surface area contributed by atoms with Crippen molar-refractivity contribution >= 4 is 21.6 Å². The first-order valence-corrected chi connectivity index (χ1v) is 8.35. The van der Waals surface area contributed by atoms with Crippen LogP contribution in [-0.4, -0.2) is 29.5 Å². The summed E-state index contributed by atoms with van der Waals surface area (Å²) < 4.78 is 6.96. The van der Waals surface area contributed by atoms with Gasteiger partial charge in [0.2, 0.25) is 0 Å². The van der Waals surface area contributed by atoms with Crippen molar-refractivity contribution in [2.24, 2.45) is 11.8 Å². The summed E-state index contributed by atoms with van der Waals surface area (Å²) in [6.07, 6.45) is 5.40. The Kier molecular flexibility index (Phi) is 5.81. The summed E-state index contributed by atoms with van der Waals surface area (Å²) in [5.41, 5.74) is 0.674. The first kappa shape index (κ1) is 16.5. The number of rotatable bonds is 5. The molecule has 3 unspecified atom stereocenters. The van der Waals surface area contributed by atoms with Crippen LogP contribution in [-0.2, 0) is 11.3 Å². The molecular weight excluding hydrogens is 334 g/mol. The average Bonchev–Trinajstić information content (AvgIpc) is 2.48. The second-order valence-electron chi connectivity index (χ2n) is 5.91. The van der Waals surface area contributed by atoms with Crippen molar-refractivity contribution in [2.75, 3.05) is 19.0 Å². The number of ether oxygens (including phenoxy) is 1. The molecule has 1 N–H and O–H groups in total. The minimum atomic E-state index is -0.117. The van der Waals surface area contributed by atoms with Crippen LogP contribution in [0.3, 0.4) is 0 Å². The molecule has 0 aromatic carbocycles. The highest BCUT2D eigenvalue weighted by atomic mass is 79.9. The fraction of sp³-hybridized carbons (Fsp3) is 0.733. The highest BCUT2D eigenvalue weighted by Gasteiger charge is 2.27. The lowest BCUT2D eigenvalue weighted by molar-refractivity contribution is 0.181. The van der Waals surface area contributed by atoms with E-state index in [-0.39, 0.29) is 5.56 Å². The van der Waals surface area contributed by atoms with E-state index in [2.05, 4.69) is 40.2 Å². The summed E-state index contributed by atoms with van der Waals surface area (Å²) in [5.74, 6) is 1.31. The second kappa shape index (κ2) is 7.40. The van der Waals surface area contributed by atoms with Gasteiger partial charge in [0.05, 0.1) is 25.0 Å². The van der Waals surface area contributed by atoms with E-state index in [1.165, 1.54) is 17.5 Å². The minimum Gasteiger partial charge on any atom is -0.383 e. The van der Waals surface area contributed by atoms with Gasteiger partial charge in [0.15, 0.2) is 0 Å². The van der Waals surface area contributed by atoms with E-state index in [4.69, 9.17) is 4.74 Å². The quantitative estimate of drug-likeness (QED) is 0.880. The zero-order valence-corrected chi connectivity index (χ0v) is 14.5. The van der Waals surface area contributed by atoms with E-state index in [1.54, 1.807) is 13.3 Å². The Morgan fingerprint density at radius 1 is 1.48 bits per heavy atom. The van der Waals surface area contributed by atoms with Crippen LogP contribution in [0.1, 0.15) is 33.1 Å². The van der Waals surface area contributed by atoms with Gasteiger partial charge >= 0.3 is 0 Å². The van der Waals surface area contributed by atoms with E-state index in [1.807, 2.05) is 0 Å². The summed E-state index contributed by atoms with van der Waals surface area (Å²) in [4.78, 5) is 12.2. The lowest BCUT2D eigenvalue weighted by Gasteiger charge is -2.35. The van der Waals surface area contributed by atoms with Crippen LogP contribution in [0.4, 0.5) is 5.69 Å². The van der Waals surface area contributed by atoms with Crippen LogP contribution in [0.2, 0.25) is 0 Å². The number of nitrogens with one attached hydrogen (secondary N) is 1. The monoisotopic (exact) mass is 357 g/mol. The Balaban J connectivity index is 2.14. The van der Waals surface area contributed by atoms with Crippen LogP contribution in [0.25, 0.3) is 0 Å². The predicted molar refractivity (Wildman–Crippen MR) is 87.7 cm³/mol. The molecule has 0 radical (unpaired) electrons. The molecule has 0 spiro atoms. The number of methoxy groups -OCH3 is 1. The number of aromatic nitrogens is 2. The second-order valence-corrected chi connectivity index (χ2v) is 6.70. The molecule has 1 fully saturated rings. The average molecular weight is 358 g/mol. The lowest BCUT2D eigenvalue weighted by Crippen LogP contribution is -2.36. The van der Waals surface area contributed by atoms with Gasteiger partial charge in [0, 0.05) is 13.2 Å². The number of anilines is 1. The number of halogens is 1. The van der Waals surface area contributed by atoms with Crippen molar-refractivity contribution in [1.82, 2.24) is 9.78 Å². The third-order valence-corrected chi connectivity index (χ3v) is 5.31. The molecule has 6 heteroatoms. The van der Waals surface area contributed by atoms with Crippen LogP contribution in [0.5, 0.6) is 0 Å². The fourth-order valence-electron chi connectivity index (χ4n) is 2.89. The maximum atomic E-state index is 12.2. The predicted octanol–water partition coefficient (Wildman–Crippen LogP) is 2.89. The summed E-state index contributed by atoms with van der Waals surface area (Å²) in [5, 5.41) is 7.72. The summed E-state index contributed by atoms with van der Waals surface area (Å²) in [7, 11) is 1.61. The molecule has 0 amide bonds. The zero-order valence-electron chi connectivity index (χ0n) is 12.9. The van der Waals surface area contributed by atoms with Gasteiger partial charge in [-0.2, -0.15) is 5.10 Å². The lowest BCUT2D eigenvalue weighted by atomic mass is 9.78. The standard InChI is InChI=1S/C15H24BrN3O2/c1-10-5-4-6-12(11(10)2)18-13-9-17-19(7-8-21-3)15(20)14(13)16/h9-12,18H,4-8H2,1-3H3. The Bertz CT molecular complexity index is 532. The number of hydrogen-bond acceptors (Lipinski definition) is 4. The normalized spacial score (nSPS) is 25.8. The van der Waals surface area contributed by atoms with E-state index in [9.17, 15) is 4.79 Å². The maximum Gasteiger partial charge on any atom is 0.283 e. The van der Waals surface area contributed by atoms with E-state index in [0.717, 1.165) is 12.1 Å². The Labute approximate surface area is 134 Å². The van der Waals surface area contributed by atoms with Crippen molar-refractivity contribution in [1.29, 1.82) is 0 Å². The largest absolute Gasteiger partial charge is 0.383 e. The molecule has 1 aliphatic carbocycles. The molecule has 0 bridgehead atoms. The smallest absolute Gasteiger partial charge is 0.283 e. The Morgan fingerprint density at radius 2 is 2.24 bits per heavy atom. The van der Waals surface area contributed by atoms with Crippen molar-refractivity contribution < 1.29 is 4.74 Å². The Hall–Kier alpha value is -0.880. The molecule has 0 aliphatic heterocycles. The highest BCUT2D eigenvalue weighted by molar-refractivity contribution is 9.10. The van der Waals surface area contributed by atoms with Gasteiger partial charge in [0.25, 0.3) is 5.56 Å². The summed E-state index contributed by atoms with van der Waals surface area (Å²) >= 11 is 3.41. The third kappa shape index (κ3) is 3.86. The van der Waals surface area contributed by atoms with Crippen LogP contribution < -0.4 is 10.9 Å². The SMILES string of the molecule is COCCn1ncc(NC2CCCC(C)C2C)c(Br)c1=O. The summed E-state index contributed by atoms with van der Waals surface area (Å²) in [6, 6.07) is 0.404. The van der Waals surface area contributed by atoms with E-state index >= 15 is 0 Å². The molecule has 2 rings (SSSR count). The molecule has 1 aromatic rings. The molecule has 1 aromatic heterocycles. The summed E-state index contributed by atoms with van der Waals surface area (Å²) in [6.45, 7) is 5.52. The van der Waals surface area contributed by atoms with E-state index in [0.29, 0.717) is 35.5 Å². The molecular formula is C15H24BrN3O2. The van der Waals surface area contributed by atoms with Crippen LogP contribution in [0.15, 0.2) is 15.5 Å². The van der Waals surface area contributed by atoms with E-state index < -0.39 is 0 Å². The van der Waals surface area contributed by atoms with Crippen molar-refractivity contribution in [3.05, 3.63) is 21.0 Å². The highest BCUT2D eigenvalue weighted by Crippen LogP contribution is 2.32. The van der Waals surface area contributed by atoms with Crippen LogP contribution in [0, 0.1) is 11.8 Å². The molecule has 1 saturated carbocycles. The topological polar surface area (TPSA) is 56.1 Å². The first-order valence-electron chi connectivity index (χ1n) is 7.55. The molecule has 0 saturated heterocycles. The van der Waals surface area contributed by atoms with Gasteiger partial charge in [-0.25, -0.2) is 4.68 Å². The van der Waals surface area contributed by atoms with Gasteiger partial charge in [0.1, 0.15) is 4.47 Å². The third-order valence-electron chi connectivity index (χ3n) is 4.54. The van der Waals surface area contributed by atoms with Gasteiger partial charge in [-0.05, 0) is 34.2 Å². The van der Waals surface area contributed by atoms with Crippen molar-refractivity contribution in [2.45, 2.75) is 45.7 Å². The fourth-order valence-corrected chi connectivity index (χ4v) is 3.31. The first-order chi connectivity index (χ1) is 10.0. The van der Waals surface area contributed by atoms with Gasteiger partial charge in [-0.15, -0.1) is 0 Å². The van der Waals surface area contributed by atoms with Crippen molar-refractivity contribution in [3.8, 4) is 0 Å². The number of hydrogen-bond donors (Lipinski definition) is 1. The zero-order chi connectivity index (χ0) is 15.4. The molecule has 118 valence electrons. The minimum absolute atomic E-state index is 0.117. The molecule has 3 atom stereocenters. The molecule has 5 nitrogen and oxygen atoms in total. The maximum absolute atomic E-state index is 12.2. The van der Waals surface area contributed by atoms with Gasteiger partial charge in [-0.1, -0.05) is 26.7 Å². The molecule has 1 aliphatic rings. The van der Waals surface area contributed by atoms with Crippen molar-refractivity contribution in [3.63, 3.8) is 0 Å². The van der Waals surface area contributed by atoms with Gasteiger partial charge < -0.3 is 10.1 Å². The molecule has 21 heavy (non-hydrogen) atoms. The van der Waals surface area contributed by atoms with Crippen LogP contribution >= 0.6 is 15.9 Å². The number of nitrogens with zero attached hydrogens (tertiary/aromatic N) is 2. The molecule has 1 heterocycles.